The molecule has 0 amide bonds. The van der Waals surface area contributed by atoms with E-state index >= 15 is 0 Å². The van der Waals surface area contributed by atoms with E-state index in [1.54, 1.807) is 13.8 Å². The molecule has 0 aromatic heterocycles. The Bertz CT molecular complexity index is 439. The van der Waals surface area contributed by atoms with Crippen LogP contribution in [0.2, 0.25) is 0 Å². The van der Waals surface area contributed by atoms with E-state index in [4.69, 9.17) is 0 Å². The lowest BCUT2D eigenvalue weighted by Crippen LogP contribution is -2.00. The number of allylic oxidation sites excluding steroid dienone is 1. The predicted octanol–water partition coefficient (Wildman–Crippen LogP) is 2.73. The molecule has 0 saturated carbocycles. The van der Waals surface area contributed by atoms with Crippen LogP contribution in [0.15, 0.2) is 29.8 Å². The van der Waals surface area contributed by atoms with Gasteiger partial charge in [0, 0.05) is 17.7 Å². The normalized spacial score (nSPS) is 12.0. The maximum atomic E-state index is 13.3. The number of halogens is 1. The van der Waals surface area contributed by atoms with Gasteiger partial charge in [-0.25, -0.2) is 4.39 Å². The lowest BCUT2D eigenvalue weighted by atomic mass is 10.1. The smallest absolute Gasteiger partial charge is 0.270 e. The summed E-state index contributed by atoms with van der Waals surface area (Å²) in [6.07, 6.45) is 0.271. The van der Waals surface area contributed by atoms with Crippen LogP contribution in [-0.4, -0.2) is 10.0 Å². The number of nitro groups is 1. The third-order valence-corrected chi connectivity index (χ3v) is 2.00. The molecule has 1 rings (SSSR count). The molecule has 0 fully saturated rings. The minimum absolute atomic E-state index is 0.0876. The van der Waals surface area contributed by atoms with Gasteiger partial charge >= 0.3 is 0 Å². The zero-order valence-corrected chi connectivity index (χ0v) is 8.98. The highest BCUT2D eigenvalue weighted by atomic mass is 19.1. The van der Waals surface area contributed by atoms with Gasteiger partial charge in [-0.1, -0.05) is 11.6 Å². The number of aliphatic hydroxyl groups is 1. The molecule has 1 atom stereocenters. The fraction of sp³-hybridized carbons (Fsp3) is 0.273. The number of nitrogens with zero attached hydrogens (tertiary/aromatic N) is 1. The summed E-state index contributed by atoms with van der Waals surface area (Å²) in [5.74, 6) is -0.657. The Morgan fingerprint density at radius 3 is 2.69 bits per heavy atom. The van der Waals surface area contributed by atoms with Gasteiger partial charge in [0.15, 0.2) is 0 Å². The van der Waals surface area contributed by atoms with E-state index in [0.29, 0.717) is 0 Å². The standard InChI is InChI=1S/C11H12FNO3/c1-7(2)5-11(14)9-6-8(13(15)16)3-4-10(9)12/h3-6,11,14H,1-2H3. The summed E-state index contributed by atoms with van der Waals surface area (Å²) in [5.41, 5.74) is 0.478. The Balaban J connectivity index is 3.16. The second-order valence-electron chi connectivity index (χ2n) is 3.65. The quantitative estimate of drug-likeness (QED) is 0.488. The molecular weight excluding hydrogens is 213 g/mol. The van der Waals surface area contributed by atoms with E-state index in [1.165, 1.54) is 6.08 Å². The molecule has 0 spiro atoms. The Hall–Kier alpha value is -1.75. The van der Waals surface area contributed by atoms with Gasteiger partial charge in [-0.05, 0) is 19.9 Å². The molecule has 0 aliphatic rings. The second-order valence-corrected chi connectivity index (χ2v) is 3.65. The maximum absolute atomic E-state index is 13.3. The third-order valence-electron chi connectivity index (χ3n) is 2.00. The first-order valence-corrected chi connectivity index (χ1v) is 4.68. The predicted molar refractivity (Wildman–Crippen MR) is 57.4 cm³/mol. The van der Waals surface area contributed by atoms with Crippen molar-refractivity contribution in [3.63, 3.8) is 0 Å². The molecule has 1 aromatic rings. The fourth-order valence-electron chi connectivity index (χ4n) is 1.28. The molecule has 86 valence electrons. The Morgan fingerprint density at radius 2 is 2.19 bits per heavy atom. The summed E-state index contributed by atoms with van der Waals surface area (Å²) < 4.78 is 13.3. The van der Waals surface area contributed by atoms with Gasteiger partial charge in [0.1, 0.15) is 11.9 Å². The highest BCUT2D eigenvalue weighted by Crippen LogP contribution is 2.24. The molecule has 16 heavy (non-hydrogen) atoms. The third kappa shape index (κ3) is 2.87. The molecule has 0 heterocycles. The van der Waals surface area contributed by atoms with Crippen molar-refractivity contribution in [1.82, 2.24) is 0 Å². The molecule has 1 unspecified atom stereocenters. The molecule has 0 saturated heterocycles. The number of nitro benzene ring substituents is 1. The molecule has 0 radical (unpaired) electrons. The van der Waals surface area contributed by atoms with Crippen molar-refractivity contribution in [1.29, 1.82) is 0 Å². The highest BCUT2D eigenvalue weighted by molar-refractivity contribution is 5.37. The van der Waals surface area contributed by atoms with Crippen molar-refractivity contribution in [3.05, 3.63) is 51.3 Å². The van der Waals surface area contributed by atoms with Crippen molar-refractivity contribution in [2.24, 2.45) is 0 Å². The van der Waals surface area contributed by atoms with E-state index in [9.17, 15) is 19.6 Å². The van der Waals surface area contributed by atoms with Gasteiger partial charge in [-0.2, -0.15) is 0 Å². The molecule has 0 aliphatic heterocycles. The number of non-ortho nitro benzene ring substituents is 1. The Morgan fingerprint density at radius 1 is 1.56 bits per heavy atom. The van der Waals surface area contributed by atoms with Gasteiger partial charge in [0.05, 0.1) is 4.92 Å². The van der Waals surface area contributed by atoms with E-state index in [1.807, 2.05) is 0 Å². The summed E-state index contributed by atoms with van der Waals surface area (Å²) in [4.78, 5) is 9.87. The second kappa shape index (κ2) is 4.85. The first kappa shape index (κ1) is 12.3. The van der Waals surface area contributed by atoms with Crippen molar-refractivity contribution in [3.8, 4) is 0 Å². The van der Waals surface area contributed by atoms with Crippen molar-refractivity contribution >= 4 is 5.69 Å². The first-order chi connectivity index (χ1) is 7.41. The largest absolute Gasteiger partial charge is 0.384 e. The van der Waals surface area contributed by atoms with Crippen molar-refractivity contribution in [2.75, 3.05) is 0 Å². The van der Waals surface area contributed by atoms with Crippen LogP contribution in [0, 0.1) is 15.9 Å². The highest BCUT2D eigenvalue weighted by Gasteiger charge is 2.15. The molecule has 0 bridgehead atoms. The molecule has 4 nitrogen and oxygen atoms in total. The number of rotatable bonds is 3. The number of hydrogen-bond acceptors (Lipinski definition) is 3. The Kier molecular flexibility index (Phi) is 3.73. The molecule has 1 N–H and O–H groups in total. The van der Waals surface area contributed by atoms with Crippen molar-refractivity contribution in [2.45, 2.75) is 20.0 Å². The average Bonchev–Trinajstić information content (AvgIpc) is 2.16. The summed E-state index contributed by atoms with van der Waals surface area (Å²) in [7, 11) is 0. The SMILES string of the molecule is CC(C)=CC(O)c1cc([N+](=O)[O-])ccc1F. The van der Waals surface area contributed by atoms with Gasteiger partial charge < -0.3 is 5.11 Å². The van der Waals surface area contributed by atoms with Gasteiger partial charge in [-0.3, -0.25) is 10.1 Å². The maximum Gasteiger partial charge on any atom is 0.270 e. The molecular formula is C11H12FNO3. The average molecular weight is 225 g/mol. The summed E-state index contributed by atoms with van der Waals surface area (Å²) in [5, 5.41) is 20.1. The van der Waals surface area contributed by atoms with Crippen LogP contribution in [0.1, 0.15) is 25.5 Å². The molecule has 1 aromatic carbocycles. The summed E-state index contributed by atoms with van der Waals surface area (Å²) in [6, 6.07) is 3.09. The lowest BCUT2D eigenvalue weighted by Gasteiger charge is -2.07. The van der Waals surface area contributed by atoms with Crippen LogP contribution in [0.25, 0.3) is 0 Å². The van der Waals surface area contributed by atoms with E-state index < -0.39 is 16.8 Å². The van der Waals surface area contributed by atoms with E-state index in [0.717, 1.165) is 23.8 Å². The number of benzene rings is 1. The monoisotopic (exact) mass is 225 g/mol. The van der Waals surface area contributed by atoms with Crippen LogP contribution in [0.3, 0.4) is 0 Å². The number of hydrogen-bond donors (Lipinski definition) is 1. The summed E-state index contributed by atoms with van der Waals surface area (Å²) >= 11 is 0. The van der Waals surface area contributed by atoms with Crippen molar-refractivity contribution < 1.29 is 14.4 Å². The minimum atomic E-state index is -1.16. The minimum Gasteiger partial charge on any atom is -0.384 e. The van der Waals surface area contributed by atoms with Crippen LogP contribution in [0.5, 0.6) is 0 Å². The van der Waals surface area contributed by atoms with Gasteiger partial charge in [-0.15, -0.1) is 0 Å². The lowest BCUT2D eigenvalue weighted by molar-refractivity contribution is -0.385. The topological polar surface area (TPSA) is 63.4 Å². The molecule has 0 aliphatic carbocycles. The van der Waals surface area contributed by atoms with Crippen LogP contribution < -0.4 is 0 Å². The van der Waals surface area contributed by atoms with E-state index in [2.05, 4.69) is 0 Å². The zero-order valence-electron chi connectivity index (χ0n) is 8.98. The first-order valence-electron chi connectivity index (χ1n) is 4.68. The number of aliphatic hydroxyl groups excluding tert-OH is 1. The van der Waals surface area contributed by atoms with Crippen LogP contribution in [-0.2, 0) is 0 Å². The fourth-order valence-corrected chi connectivity index (χ4v) is 1.28. The summed E-state index contributed by atoms with van der Waals surface area (Å²) in [6.45, 7) is 3.50. The van der Waals surface area contributed by atoms with E-state index in [-0.39, 0.29) is 11.3 Å². The molecule has 5 heteroatoms. The van der Waals surface area contributed by atoms with Crippen LogP contribution >= 0.6 is 0 Å². The van der Waals surface area contributed by atoms with Gasteiger partial charge in [0.2, 0.25) is 0 Å². The zero-order chi connectivity index (χ0) is 12.3. The van der Waals surface area contributed by atoms with Gasteiger partial charge in [0.25, 0.3) is 5.69 Å². The Labute approximate surface area is 92.2 Å². The van der Waals surface area contributed by atoms with Crippen LogP contribution in [0.4, 0.5) is 10.1 Å².